The summed E-state index contributed by atoms with van der Waals surface area (Å²) < 4.78 is 37.8. The maximum Gasteiger partial charge on any atom is 0.445 e. The molecule has 1 N–H and O–H groups in total. The largest absolute Gasteiger partial charge is 0.480 e. The van der Waals surface area contributed by atoms with Crippen molar-refractivity contribution in [3.05, 3.63) is 27.4 Å². The summed E-state index contributed by atoms with van der Waals surface area (Å²) in [6, 6.07) is 1.04. The first-order valence-corrected chi connectivity index (χ1v) is 8.77. The van der Waals surface area contributed by atoms with E-state index in [-0.39, 0.29) is 5.13 Å². The van der Waals surface area contributed by atoms with Gasteiger partial charge in [-0.1, -0.05) is 11.3 Å². The highest BCUT2D eigenvalue weighted by Gasteiger charge is 2.37. The summed E-state index contributed by atoms with van der Waals surface area (Å²) in [5, 5.41) is 19.1. The average Bonchev–Trinajstić information content (AvgIpc) is 3.18. The molecule has 3 heterocycles. The fourth-order valence-electron chi connectivity index (χ4n) is 2.57. The molecular formula is C13H13F3N4O2S2. The van der Waals surface area contributed by atoms with Crippen molar-refractivity contribution in [3.63, 3.8) is 0 Å². The highest BCUT2D eigenvalue weighted by molar-refractivity contribution is 7.15. The molecule has 11 heteroatoms. The molecule has 0 radical (unpaired) electrons. The molecule has 0 aromatic carbocycles. The van der Waals surface area contributed by atoms with Gasteiger partial charge in [0.1, 0.15) is 6.04 Å². The summed E-state index contributed by atoms with van der Waals surface area (Å²) >= 11 is 1.93. The van der Waals surface area contributed by atoms with Gasteiger partial charge >= 0.3 is 12.1 Å². The lowest BCUT2D eigenvalue weighted by atomic mass is 10.1. The van der Waals surface area contributed by atoms with Crippen molar-refractivity contribution in [2.75, 3.05) is 31.1 Å². The second kappa shape index (κ2) is 6.65. The van der Waals surface area contributed by atoms with Gasteiger partial charge in [-0.25, -0.2) is 0 Å². The van der Waals surface area contributed by atoms with Gasteiger partial charge in [0.15, 0.2) is 0 Å². The van der Waals surface area contributed by atoms with Crippen molar-refractivity contribution in [2.45, 2.75) is 12.2 Å². The third-order valence-electron chi connectivity index (χ3n) is 3.70. The number of thiophene rings is 1. The minimum absolute atomic E-state index is 0.212. The SMILES string of the molecule is O=C(O)[C@H](c1ccsc1)N1CCN(c2nnc(C(F)(F)F)s2)CC1. The van der Waals surface area contributed by atoms with E-state index in [2.05, 4.69) is 10.2 Å². The first-order chi connectivity index (χ1) is 11.4. The Morgan fingerprint density at radius 1 is 1.25 bits per heavy atom. The van der Waals surface area contributed by atoms with Crippen molar-refractivity contribution >= 4 is 33.8 Å². The van der Waals surface area contributed by atoms with E-state index in [9.17, 15) is 23.1 Å². The molecule has 1 aliphatic rings. The maximum absolute atomic E-state index is 12.6. The van der Waals surface area contributed by atoms with Gasteiger partial charge in [0.05, 0.1) is 0 Å². The number of rotatable bonds is 4. The zero-order valence-corrected chi connectivity index (χ0v) is 13.9. The number of hydrogen-bond donors (Lipinski definition) is 1. The third-order valence-corrected chi connectivity index (χ3v) is 5.43. The van der Waals surface area contributed by atoms with Crippen LogP contribution in [-0.4, -0.2) is 52.4 Å². The molecule has 1 aliphatic heterocycles. The summed E-state index contributed by atoms with van der Waals surface area (Å²) in [4.78, 5) is 15.1. The number of alkyl halides is 3. The fourth-order valence-corrected chi connectivity index (χ4v) is 4.01. The summed E-state index contributed by atoms with van der Waals surface area (Å²) in [5.74, 6) is -0.933. The van der Waals surface area contributed by atoms with Crippen LogP contribution in [0.5, 0.6) is 0 Å². The van der Waals surface area contributed by atoms with Gasteiger partial charge < -0.3 is 10.0 Å². The molecule has 0 unspecified atom stereocenters. The van der Waals surface area contributed by atoms with E-state index in [1.165, 1.54) is 11.3 Å². The minimum atomic E-state index is -4.49. The zero-order valence-electron chi connectivity index (χ0n) is 12.2. The van der Waals surface area contributed by atoms with E-state index < -0.39 is 23.2 Å². The van der Waals surface area contributed by atoms with Crippen molar-refractivity contribution in [3.8, 4) is 0 Å². The molecule has 1 fully saturated rings. The molecular weight excluding hydrogens is 365 g/mol. The van der Waals surface area contributed by atoms with Crippen molar-refractivity contribution in [1.29, 1.82) is 0 Å². The Balaban J connectivity index is 1.67. The Morgan fingerprint density at radius 2 is 1.96 bits per heavy atom. The smallest absolute Gasteiger partial charge is 0.445 e. The summed E-state index contributed by atoms with van der Waals surface area (Å²) in [6.07, 6.45) is -4.49. The van der Waals surface area contributed by atoms with Crippen LogP contribution in [0.3, 0.4) is 0 Å². The van der Waals surface area contributed by atoms with E-state index >= 15 is 0 Å². The molecule has 24 heavy (non-hydrogen) atoms. The average molecular weight is 378 g/mol. The van der Waals surface area contributed by atoms with Crippen LogP contribution in [0.4, 0.5) is 18.3 Å². The number of carbonyl (C=O) groups is 1. The Labute approximate surface area is 143 Å². The number of halogens is 3. The lowest BCUT2D eigenvalue weighted by molar-refractivity contribution is -0.143. The van der Waals surface area contributed by atoms with Crippen molar-refractivity contribution < 1.29 is 23.1 Å². The van der Waals surface area contributed by atoms with Gasteiger partial charge in [0, 0.05) is 26.2 Å². The molecule has 130 valence electrons. The number of anilines is 1. The number of hydrogen-bond acceptors (Lipinski definition) is 7. The topological polar surface area (TPSA) is 69.6 Å². The molecule has 0 spiro atoms. The number of nitrogens with zero attached hydrogens (tertiary/aromatic N) is 4. The number of aromatic nitrogens is 2. The standard InChI is InChI=1S/C13H13F3N4O2S2/c14-13(15,16)11-17-18-12(24-11)20-4-2-19(3-5-20)9(10(21)22)8-1-6-23-7-8/h1,6-7,9H,2-5H2,(H,21,22)/t9-/m0/s1. The molecule has 1 saturated heterocycles. The Hall–Kier alpha value is -1.72. The molecule has 0 amide bonds. The number of aliphatic carboxylic acids is 1. The van der Waals surface area contributed by atoms with Crippen LogP contribution in [0, 0.1) is 0 Å². The van der Waals surface area contributed by atoms with E-state index in [4.69, 9.17) is 0 Å². The Bertz CT molecular complexity index is 696. The van der Waals surface area contributed by atoms with Crippen LogP contribution in [0.1, 0.15) is 16.6 Å². The van der Waals surface area contributed by atoms with Crippen molar-refractivity contribution in [1.82, 2.24) is 15.1 Å². The van der Waals surface area contributed by atoms with E-state index in [1.807, 2.05) is 10.3 Å². The van der Waals surface area contributed by atoms with Crippen LogP contribution >= 0.6 is 22.7 Å². The van der Waals surface area contributed by atoms with Gasteiger partial charge in [0.25, 0.3) is 0 Å². The Kier molecular flexibility index (Phi) is 4.74. The first kappa shape index (κ1) is 17.1. The monoisotopic (exact) mass is 378 g/mol. The van der Waals surface area contributed by atoms with Crippen molar-refractivity contribution in [2.24, 2.45) is 0 Å². The molecule has 1 atom stereocenters. The second-order valence-electron chi connectivity index (χ2n) is 5.21. The van der Waals surface area contributed by atoms with Gasteiger partial charge in [0.2, 0.25) is 10.1 Å². The fraction of sp³-hybridized carbons (Fsp3) is 0.462. The highest BCUT2D eigenvalue weighted by atomic mass is 32.1. The van der Waals surface area contributed by atoms with E-state index in [1.54, 1.807) is 16.3 Å². The quantitative estimate of drug-likeness (QED) is 0.882. The molecule has 6 nitrogen and oxygen atoms in total. The molecule has 0 saturated carbocycles. The number of carboxylic acids is 1. The Morgan fingerprint density at radius 3 is 2.46 bits per heavy atom. The normalized spacial score (nSPS) is 17.9. The van der Waals surface area contributed by atoms with E-state index in [0.29, 0.717) is 37.5 Å². The van der Waals surface area contributed by atoms with Crippen LogP contribution in [0.15, 0.2) is 16.8 Å². The highest BCUT2D eigenvalue weighted by Crippen LogP contribution is 2.35. The maximum atomic E-state index is 12.6. The van der Waals surface area contributed by atoms with Gasteiger partial charge in [-0.05, 0) is 22.4 Å². The summed E-state index contributed by atoms with van der Waals surface area (Å²) in [6.45, 7) is 1.66. The van der Waals surface area contributed by atoms with Crippen LogP contribution < -0.4 is 4.90 Å². The van der Waals surface area contributed by atoms with Crippen LogP contribution in [0.25, 0.3) is 0 Å². The van der Waals surface area contributed by atoms with Gasteiger partial charge in [-0.3, -0.25) is 9.69 Å². The molecule has 0 aliphatic carbocycles. The van der Waals surface area contributed by atoms with Crippen LogP contribution in [0.2, 0.25) is 0 Å². The summed E-state index contributed by atoms with van der Waals surface area (Å²) in [5.41, 5.74) is 0.719. The van der Waals surface area contributed by atoms with Gasteiger partial charge in [-0.15, -0.1) is 10.2 Å². The molecule has 3 rings (SSSR count). The second-order valence-corrected chi connectivity index (χ2v) is 6.94. The lowest BCUT2D eigenvalue weighted by Gasteiger charge is -2.37. The molecule has 2 aromatic heterocycles. The number of carboxylic acid groups (broad SMARTS) is 1. The zero-order chi connectivity index (χ0) is 17.3. The predicted molar refractivity (Wildman–Crippen MR) is 83.4 cm³/mol. The predicted octanol–water partition coefficient (Wildman–Crippen LogP) is 2.57. The minimum Gasteiger partial charge on any atom is -0.480 e. The third kappa shape index (κ3) is 3.52. The first-order valence-electron chi connectivity index (χ1n) is 7.01. The molecule has 2 aromatic rings. The van der Waals surface area contributed by atoms with E-state index in [0.717, 1.165) is 5.56 Å². The number of piperazine rings is 1. The molecule has 0 bridgehead atoms. The van der Waals surface area contributed by atoms with Crippen LogP contribution in [-0.2, 0) is 11.0 Å². The lowest BCUT2D eigenvalue weighted by Crippen LogP contribution is -2.49. The van der Waals surface area contributed by atoms with Gasteiger partial charge in [-0.2, -0.15) is 24.5 Å². The summed E-state index contributed by atoms with van der Waals surface area (Å²) in [7, 11) is 0.